The van der Waals surface area contributed by atoms with Crippen LogP contribution in [-0.2, 0) is 5.41 Å². The van der Waals surface area contributed by atoms with E-state index in [2.05, 4.69) is 54.0 Å². The molecule has 2 rings (SSSR count). The van der Waals surface area contributed by atoms with Crippen molar-refractivity contribution in [2.45, 2.75) is 32.1 Å². The van der Waals surface area contributed by atoms with Crippen LogP contribution in [0.25, 0.3) is 0 Å². The average Bonchev–Trinajstić information content (AvgIpc) is 2.39. The Labute approximate surface area is 105 Å². The Kier molecular flexibility index (Phi) is 3.86. The van der Waals surface area contributed by atoms with Crippen LogP contribution in [0.4, 0.5) is 0 Å². The van der Waals surface area contributed by atoms with Crippen LogP contribution in [0.3, 0.4) is 0 Å². The topological polar surface area (TPSA) is 3.24 Å². The van der Waals surface area contributed by atoms with Crippen LogP contribution in [0, 0.1) is 11.8 Å². The molecule has 1 heteroatoms. The minimum atomic E-state index is 0.359. The monoisotopic (exact) mass is 227 g/mol. The smallest absolute Gasteiger partial charge is 0.0601 e. The van der Waals surface area contributed by atoms with Gasteiger partial charge < -0.3 is 0 Å². The average molecular weight is 227 g/mol. The Bertz CT molecular complexity index is 402. The summed E-state index contributed by atoms with van der Waals surface area (Å²) in [6.45, 7) is 7.57. The van der Waals surface area contributed by atoms with Gasteiger partial charge in [-0.1, -0.05) is 43.2 Å². The Morgan fingerprint density at radius 1 is 1.18 bits per heavy atom. The molecule has 0 spiro atoms. The SMILES string of the molecule is CC#CCN1CCC(C)(c2ccccc2)CC1. The van der Waals surface area contributed by atoms with Gasteiger partial charge in [0.1, 0.15) is 0 Å². The van der Waals surface area contributed by atoms with Crippen molar-refractivity contribution in [3.63, 3.8) is 0 Å². The molecule has 0 bridgehead atoms. The van der Waals surface area contributed by atoms with Crippen LogP contribution >= 0.6 is 0 Å². The molecule has 1 aliphatic heterocycles. The van der Waals surface area contributed by atoms with E-state index in [0.717, 1.165) is 6.54 Å². The van der Waals surface area contributed by atoms with E-state index in [1.54, 1.807) is 0 Å². The summed E-state index contributed by atoms with van der Waals surface area (Å²) < 4.78 is 0. The van der Waals surface area contributed by atoms with Crippen molar-refractivity contribution in [2.24, 2.45) is 0 Å². The maximum Gasteiger partial charge on any atom is 0.0601 e. The van der Waals surface area contributed by atoms with Gasteiger partial charge in [-0.3, -0.25) is 4.90 Å². The molecule has 0 saturated carbocycles. The third-order valence-corrected chi connectivity index (χ3v) is 3.91. The highest BCUT2D eigenvalue weighted by Gasteiger charge is 2.30. The molecule has 0 aliphatic carbocycles. The number of benzene rings is 1. The predicted octanol–water partition coefficient (Wildman–Crippen LogP) is 3.06. The third kappa shape index (κ3) is 2.90. The molecule has 1 fully saturated rings. The molecule has 1 aliphatic rings. The number of rotatable bonds is 2. The van der Waals surface area contributed by atoms with Gasteiger partial charge in [0.25, 0.3) is 0 Å². The van der Waals surface area contributed by atoms with Gasteiger partial charge in [0.2, 0.25) is 0 Å². The number of hydrogen-bond donors (Lipinski definition) is 0. The molecule has 0 aromatic heterocycles. The van der Waals surface area contributed by atoms with Crippen LogP contribution in [0.15, 0.2) is 30.3 Å². The van der Waals surface area contributed by atoms with E-state index < -0.39 is 0 Å². The zero-order valence-electron chi connectivity index (χ0n) is 10.9. The summed E-state index contributed by atoms with van der Waals surface area (Å²) in [7, 11) is 0. The van der Waals surface area contributed by atoms with Gasteiger partial charge >= 0.3 is 0 Å². The Balaban J connectivity index is 1.99. The molecule has 0 atom stereocenters. The molecule has 1 aromatic rings. The highest BCUT2D eigenvalue weighted by atomic mass is 15.1. The van der Waals surface area contributed by atoms with Crippen molar-refractivity contribution < 1.29 is 0 Å². The summed E-state index contributed by atoms with van der Waals surface area (Å²) in [6, 6.07) is 10.9. The van der Waals surface area contributed by atoms with Gasteiger partial charge in [-0.25, -0.2) is 0 Å². The quantitative estimate of drug-likeness (QED) is 0.702. The Morgan fingerprint density at radius 3 is 2.41 bits per heavy atom. The first kappa shape index (κ1) is 12.2. The molecule has 1 nitrogen and oxygen atoms in total. The number of nitrogens with zero attached hydrogens (tertiary/aromatic N) is 1. The predicted molar refractivity (Wildman–Crippen MR) is 72.9 cm³/mol. The van der Waals surface area contributed by atoms with Crippen molar-refractivity contribution in [2.75, 3.05) is 19.6 Å². The van der Waals surface area contributed by atoms with Gasteiger partial charge in [-0.05, 0) is 43.8 Å². The zero-order valence-corrected chi connectivity index (χ0v) is 10.9. The van der Waals surface area contributed by atoms with E-state index in [9.17, 15) is 0 Å². The molecule has 17 heavy (non-hydrogen) atoms. The van der Waals surface area contributed by atoms with Gasteiger partial charge in [0.15, 0.2) is 0 Å². The lowest BCUT2D eigenvalue weighted by Gasteiger charge is -2.39. The summed E-state index contributed by atoms with van der Waals surface area (Å²) in [5.74, 6) is 6.14. The summed E-state index contributed by atoms with van der Waals surface area (Å²) in [5.41, 5.74) is 1.85. The van der Waals surface area contributed by atoms with Crippen LogP contribution in [0.1, 0.15) is 32.3 Å². The molecule has 0 unspecified atom stereocenters. The molecular formula is C16H21N. The molecular weight excluding hydrogens is 206 g/mol. The minimum absolute atomic E-state index is 0.359. The van der Waals surface area contributed by atoms with E-state index in [4.69, 9.17) is 0 Å². The Morgan fingerprint density at radius 2 is 1.82 bits per heavy atom. The van der Waals surface area contributed by atoms with Crippen LogP contribution in [0.5, 0.6) is 0 Å². The van der Waals surface area contributed by atoms with Crippen LogP contribution in [0.2, 0.25) is 0 Å². The molecule has 0 amide bonds. The second-order valence-electron chi connectivity index (χ2n) is 5.13. The van der Waals surface area contributed by atoms with Gasteiger partial charge in [0.05, 0.1) is 6.54 Å². The van der Waals surface area contributed by atoms with Gasteiger partial charge in [0, 0.05) is 0 Å². The first-order valence-electron chi connectivity index (χ1n) is 6.42. The fraction of sp³-hybridized carbons (Fsp3) is 0.500. The standard InChI is InChI=1S/C16H21N/c1-3-4-12-17-13-10-16(2,11-14-17)15-8-6-5-7-9-15/h5-9H,10-14H2,1-2H3. The summed E-state index contributed by atoms with van der Waals surface area (Å²) in [5, 5.41) is 0. The summed E-state index contributed by atoms with van der Waals surface area (Å²) in [6.07, 6.45) is 2.48. The lowest BCUT2D eigenvalue weighted by atomic mass is 9.74. The number of likely N-dealkylation sites (tertiary alicyclic amines) is 1. The summed E-state index contributed by atoms with van der Waals surface area (Å²) in [4.78, 5) is 2.46. The van der Waals surface area contributed by atoms with Crippen molar-refractivity contribution in [1.29, 1.82) is 0 Å². The van der Waals surface area contributed by atoms with E-state index >= 15 is 0 Å². The Hall–Kier alpha value is -1.26. The molecule has 1 saturated heterocycles. The third-order valence-electron chi connectivity index (χ3n) is 3.91. The van der Waals surface area contributed by atoms with E-state index in [-0.39, 0.29) is 0 Å². The van der Waals surface area contributed by atoms with E-state index in [0.29, 0.717) is 5.41 Å². The fourth-order valence-electron chi connectivity index (χ4n) is 2.52. The van der Waals surface area contributed by atoms with E-state index in [1.165, 1.54) is 31.5 Å². The zero-order chi connectivity index (χ0) is 12.1. The lowest BCUT2D eigenvalue weighted by molar-refractivity contribution is 0.185. The molecule has 0 N–H and O–H groups in total. The van der Waals surface area contributed by atoms with E-state index in [1.807, 2.05) is 6.92 Å². The van der Waals surface area contributed by atoms with Crippen molar-refractivity contribution in [3.05, 3.63) is 35.9 Å². The number of piperidine rings is 1. The normalized spacial score (nSPS) is 19.4. The summed E-state index contributed by atoms with van der Waals surface area (Å²) >= 11 is 0. The maximum absolute atomic E-state index is 3.16. The van der Waals surface area contributed by atoms with Gasteiger partial charge in [-0.2, -0.15) is 0 Å². The van der Waals surface area contributed by atoms with Crippen molar-refractivity contribution in [3.8, 4) is 11.8 Å². The second-order valence-corrected chi connectivity index (χ2v) is 5.13. The van der Waals surface area contributed by atoms with Crippen molar-refractivity contribution in [1.82, 2.24) is 4.90 Å². The molecule has 0 radical (unpaired) electrons. The highest BCUT2D eigenvalue weighted by molar-refractivity contribution is 5.25. The highest BCUT2D eigenvalue weighted by Crippen LogP contribution is 2.34. The maximum atomic E-state index is 3.16. The second kappa shape index (κ2) is 5.38. The molecule has 1 heterocycles. The first-order chi connectivity index (χ1) is 8.24. The van der Waals surface area contributed by atoms with Crippen LogP contribution < -0.4 is 0 Å². The molecule has 90 valence electrons. The molecule has 1 aromatic carbocycles. The minimum Gasteiger partial charge on any atom is -0.292 e. The largest absolute Gasteiger partial charge is 0.292 e. The van der Waals surface area contributed by atoms with Crippen LogP contribution in [-0.4, -0.2) is 24.5 Å². The van der Waals surface area contributed by atoms with Crippen molar-refractivity contribution >= 4 is 0 Å². The first-order valence-corrected chi connectivity index (χ1v) is 6.42. The van der Waals surface area contributed by atoms with Gasteiger partial charge in [-0.15, -0.1) is 5.92 Å². The fourth-order valence-corrected chi connectivity index (χ4v) is 2.52. The lowest BCUT2D eigenvalue weighted by Crippen LogP contribution is -2.41. The number of hydrogen-bond acceptors (Lipinski definition) is 1.